The van der Waals surface area contributed by atoms with Crippen molar-refractivity contribution in [1.29, 1.82) is 0 Å². The fourth-order valence-corrected chi connectivity index (χ4v) is 2.78. The van der Waals surface area contributed by atoms with E-state index in [2.05, 4.69) is 5.32 Å². The molecule has 2 amide bonds. The molecular weight excluding hydrogens is 336 g/mol. The molecule has 144 valence electrons. The number of amides is 2. The van der Waals surface area contributed by atoms with E-state index in [9.17, 15) is 14.7 Å². The molecule has 1 aromatic carbocycles. The number of methoxy groups -OCH3 is 1. The topological polar surface area (TPSA) is 88.1 Å². The zero-order chi connectivity index (χ0) is 19.3. The standard InChI is InChI=1S/C19H28N2O5/c1-19(2,3)26-18(24)21-10-13(11-21)8-17(23)20-16(12-22)14-6-5-7-15(9-14)25-4/h5-7,9,13,16,22H,8,10-12H2,1-4H3,(H,20,23)/t16-/m1/s1. The van der Waals surface area contributed by atoms with Crippen molar-refractivity contribution in [2.24, 2.45) is 5.92 Å². The third kappa shape index (κ3) is 5.62. The summed E-state index contributed by atoms with van der Waals surface area (Å²) in [5.41, 5.74) is 0.258. The lowest BCUT2D eigenvalue weighted by Crippen LogP contribution is -2.52. The molecule has 1 atom stereocenters. The van der Waals surface area contributed by atoms with Crippen molar-refractivity contribution in [3.8, 4) is 5.75 Å². The molecule has 2 rings (SSSR count). The molecule has 1 heterocycles. The second-order valence-electron chi connectivity index (χ2n) is 7.53. The predicted molar refractivity (Wildman–Crippen MR) is 96.9 cm³/mol. The summed E-state index contributed by atoms with van der Waals surface area (Å²) in [7, 11) is 1.57. The van der Waals surface area contributed by atoms with E-state index >= 15 is 0 Å². The Morgan fingerprint density at radius 3 is 2.62 bits per heavy atom. The number of likely N-dealkylation sites (tertiary alicyclic amines) is 1. The number of nitrogens with zero attached hydrogens (tertiary/aromatic N) is 1. The van der Waals surface area contributed by atoms with Crippen LogP contribution in [0.3, 0.4) is 0 Å². The molecule has 2 N–H and O–H groups in total. The van der Waals surface area contributed by atoms with Crippen molar-refractivity contribution >= 4 is 12.0 Å². The fraction of sp³-hybridized carbons (Fsp3) is 0.579. The van der Waals surface area contributed by atoms with Crippen molar-refractivity contribution in [1.82, 2.24) is 10.2 Å². The first-order valence-corrected chi connectivity index (χ1v) is 8.74. The summed E-state index contributed by atoms with van der Waals surface area (Å²) in [4.78, 5) is 25.8. The van der Waals surface area contributed by atoms with Crippen LogP contribution in [0.5, 0.6) is 5.75 Å². The highest BCUT2D eigenvalue weighted by Gasteiger charge is 2.35. The van der Waals surface area contributed by atoms with E-state index in [-0.39, 0.29) is 24.5 Å². The molecular formula is C19H28N2O5. The van der Waals surface area contributed by atoms with Gasteiger partial charge in [0.25, 0.3) is 0 Å². The van der Waals surface area contributed by atoms with Crippen LogP contribution < -0.4 is 10.1 Å². The first kappa shape index (κ1) is 20.0. The molecule has 26 heavy (non-hydrogen) atoms. The molecule has 0 radical (unpaired) electrons. The largest absolute Gasteiger partial charge is 0.497 e. The molecule has 1 saturated heterocycles. The van der Waals surface area contributed by atoms with Crippen LogP contribution in [0.25, 0.3) is 0 Å². The molecule has 0 bridgehead atoms. The average Bonchev–Trinajstić information content (AvgIpc) is 2.53. The second-order valence-corrected chi connectivity index (χ2v) is 7.53. The summed E-state index contributed by atoms with van der Waals surface area (Å²) in [6.45, 7) is 6.28. The Balaban J connectivity index is 1.80. The van der Waals surface area contributed by atoms with Gasteiger partial charge in [-0.1, -0.05) is 12.1 Å². The van der Waals surface area contributed by atoms with Gasteiger partial charge in [0.05, 0.1) is 19.8 Å². The molecule has 0 spiro atoms. The smallest absolute Gasteiger partial charge is 0.410 e. The second kappa shape index (κ2) is 8.40. The molecule has 0 saturated carbocycles. The summed E-state index contributed by atoms with van der Waals surface area (Å²) in [5.74, 6) is 0.620. The van der Waals surface area contributed by atoms with Crippen LogP contribution in [-0.2, 0) is 9.53 Å². The SMILES string of the molecule is COc1cccc([C@@H](CO)NC(=O)CC2CN(C(=O)OC(C)(C)C)C2)c1. The van der Waals surface area contributed by atoms with Crippen LogP contribution in [0, 0.1) is 5.92 Å². The van der Waals surface area contributed by atoms with E-state index in [4.69, 9.17) is 9.47 Å². The lowest BCUT2D eigenvalue weighted by Gasteiger charge is -2.39. The molecule has 0 aromatic heterocycles. The Bertz CT molecular complexity index is 635. The summed E-state index contributed by atoms with van der Waals surface area (Å²) in [6, 6.07) is 6.75. The number of carbonyl (C=O) groups excluding carboxylic acids is 2. The Morgan fingerprint density at radius 1 is 1.35 bits per heavy atom. The Kier molecular flexibility index (Phi) is 6.47. The predicted octanol–water partition coefficient (Wildman–Crippen LogP) is 2.10. The first-order chi connectivity index (χ1) is 12.2. The number of aliphatic hydroxyl groups is 1. The minimum absolute atomic E-state index is 0.104. The number of rotatable bonds is 6. The van der Waals surface area contributed by atoms with E-state index in [0.29, 0.717) is 25.3 Å². The maximum Gasteiger partial charge on any atom is 0.410 e. The summed E-state index contributed by atoms with van der Waals surface area (Å²) >= 11 is 0. The maximum absolute atomic E-state index is 12.3. The van der Waals surface area contributed by atoms with Crippen LogP contribution >= 0.6 is 0 Å². The Morgan fingerprint density at radius 2 is 2.04 bits per heavy atom. The first-order valence-electron chi connectivity index (χ1n) is 8.74. The third-order valence-corrected chi connectivity index (χ3v) is 4.10. The van der Waals surface area contributed by atoms with Gasteiger partial charge in [-0.15, -0.1) is 0 Å². The molecule has 7 heteroatoms. The number of hydrogen-bond acceptors (Lipinski definition) is 5. The quantitative estimate of drug-likeness (QED) is 0.807. The monoisotopic (exact) mass is 364 g/mol. The zero-order valence-corrected chi connectivity index (χ0v) is 15.8. The van der Waals surface area contributed by atoms with Crippen LogP contribution in [0.2, 0.25) is 0 Å². The van der Waals surface area contributed by atoms with Gasteiger partial charge in [-0.2, -0.15) is 0 Å². The highest BCUT2D eigenvalue weighted by molar-refractivity contribution is 5.77. The van der Waals surface area contributed by atoms with Gasteiger partial charge >= 0.3 is 6.09 Å². The van der Waals surface area contributed by atoms with E-state index in [1.165, 1.54) is 0 Å². The van der Waals surface area contributed by atoms with Crippen LogP contribution in [-0.4, -0.2) is 54.4 Å². The summed E-state index contributed by atoms with van der Waals surface area (Å²) in [6.07, 6.45) is -0.0430. The number of ether oxygens (including phenoxy) is 2. The molecule has 1 aliphatic heterocycles. The number of nitrogens with one attached hydrogen (secondary N) is 1. The van der Waals surface area contributed by atoms with Gasteiger partial charge < -0.3 is 24.8 Å². The maximum atomic E-state index is 12.3. The van der Waals surface area contributed by atoms with E-state index in [1.807, 2.05) is 32.9 Å². The third-order valence-electron chi connectivity index (χ3n) is 4.10. The highest BCUT2D eigenvalue weighted by Crippen LogP contribution is 2.23. The summed E-state index contributed by atoms with van der Waals surface area (Å²) in [5, 5.41) is 12.4. The number of carbonyl (C=O) groups is 2. The van der Waals surface area contributed by atoms with Crippen molar-refractivity contribution in [2.75, 3.05) is 26.8 Å². The number of hydrogen-bond donors (Lipinski definition) is 2. The van der Waals surface area contributed by atoms with Gasteiger partial charge in [0.2, 0.25) is 5.91 Å². The number of aliphatic hydroxyl groups excluding tert-OH is 1. The molecule has 7 nitrogen and oxygen atoms in total. The van der Waals surface area contributed by atoms with Gasteiger partial charge in [0, 0.05) is 25.4 Å². The van der Waals surface area contributed by atoms with Crippen molar-refractivity contribution in [3.63, 3.8) is 0 Å². The molecule has 1 fully saturated rings. The molecule has 0 aliphatic carbocycles. The van der Waals surface area contributed by atoms with Crippen LogP contribution in [0.15, 0.2) is 24.3 Å². The fourth-order valence-electron chi connectivity index (χ4n) is 2.78. The normalized spacial score (nSPS) is 15.8. The van der Waals surface area contributed by atoms with Crippen LogP contribution in [0.4, 0.5) is 4.79 Å². The Labute approximate surface area is 154 Å². The average molecular weight is 364 g/mol. The van der Waals surface area contributed by atoms with Crippen LogP contribution in [0.1, 0.15) is 38.8 Å². The summed E-state index contributed by atoms with van der Waals surface area (Å²) < 4.78 is 10.5. The van der Waals surface area contributed by atoms with E-state index < -0.39 is 11.6 Å². The van der Waals surface area contributed by atoms with Gasteiger partial charge in [-0.05, 0) is 38.5 Å². The number of benzene rings is 1. The molecule has 1 aromatic rings. The minimum Gasteiger partial charge on any atom is -0.497 e. The van der Waals surface area contributed by atoms with E-state index in [0.717, 1.165) is 5.56 Å². The lowest BCUT2D eigenvalue weighted by molar-refractivity contribution is -0.124. The van der Waals surface area contributed by atoms with Crippen molar-refractivity contribution in [2.45, 2.75) is 38.8 Å². The van der Waals surface area contributed by atoms with Gasteiger partial charge in [0.1, 0.15) is 11.4 Å². The Hall–Kier alpha value is -2.28. The highest BCUT2D eigenvalue weighted by atomic mass is 16.6. The minimum atomic E-state index is -0.523. The van der Waals surface area contributed by atoms with Gasteiger partial charge in [0.15, 0.2) is 0 Å². The zero-order valence-electron chi connectivity index (χ0n) is 15.8. The van der Waals surface area contributed by atoms with Crippen molar-refractivity contribution in [3.05, 3.63) is 29.8 Å². The van der Waals surface area contributed by atoms with E-state index in [1.54, 1.807) is 24.1 Å². The van der Waals surface area contributed by atoms with Gasteiger partial charge in [-0.25, -0.2) is 4.79 Å². The molecule has 1 aliphatic rings. The molecule has 0 unspecified atom stereocenters. The van der Waals surface area contributed by atoms with Crippen molar-refractivity contribution < 1.29 is 24.2 Å². The van der Waals surface area contributed by atoms with Gasteiger partial charge in [-0.3, -0.25) is 4.79 Å². The lowest BCUT2D eigenvalue weighted by atomic mass is 9.96.